The van der Waals surface area contributed by atoms with Crippen LogP contribution in [-0.2, 0) is 4.79 Å². The van der Waals surface area contributed by atoms with Crippen molar-refractivity contribution in [1.29, 1.82) is 0 Å². The molecule has 0 saturated carbocycles. The van der Waals surface area contributed by atoms with E-state index in [1.165, 1.54) is 12.8 Å². The monoisotopic (exact) mass is 256 g/mol. The predicted molar refractivity (Wildman–Crippen MR) is 73.8 cm³/mol. The van der Waals surface area contributed by atoms with E-state index in [4.69, 9.17) is 5.11 Å². The van der Waals surface area contributed by atoms with E-state index in [1.54, 1.807) is 0 Å². The highest BCUT2D eigenvalue weighted by Gasteiger charge is 2.27. The lowest BCUT2D eigenvalue weighted by molar-refractivity contribution is -0.147. The van der Waals surface area contributed by atoms with Crippen molar-refractivity contribution in [2.24, 2.45) is 5.41 Å². The lowest BCUT2D eigenvalue weighted by atomic mass is 9.88. The zero-order chi connectivity index (χ0) is 13.8. The van der Waals surface area contributed by atoms with E-state index < -0.39 is 11.4 Å². The SMILES string of the molecule is CN(C)C1CCN(CCCC(C)(C)C(=O)O)CC1. The molecule has 0 unspecified atom stereocenters. The molecule has 0 radical (unpaired) electrons. The Balaban J connectivity index is 2.21. The number of rotatable bonds is 6. The first-order valence-corrected chi connectivity index (χ1v) is 6.95. The summed E-state index contributed by atoms with van der Waals surface area (Å²) in [5, 5.41) is 9.05. The fraction of sp³-hybridized carbons (Fsp3) is 0.929. The first kappa shape index (κ1) is 15.4. The molecule has 1 saturated heterocycles. The van der Waals surface area contributed by atoms with Crippen molar-refractivity contribution >= 4 is 5.97 Å². The summed E-state index contributed by atoms with van der Waals surface area (Å²) < 4.78 is 0. The van der Waals surface area contributed by atoms with Gasteiger partial charge in [-0.2, -0.15) is 0 Å². The predicted octanol–water partition coefficient (Wildman–Crippen LogP) is 1.90. The number of piperidine rings is 1. The smallest absolute Gasteiger partial charge is 0.309 e. The Morgan fingerprint density at radius 2 is 1.89 bits per heavy atom. The highest BCUT2D eigenvalue weighted by molar-refractivity contribution is 5.73. The van der Waals surface area contributed by atoms with Crippen molar-refractivity contribution in [2.45, 2.75) is 45.6 Å². The van der Waals surface area contributed by atoms with Gasteiger partial charge in [-0.3, -0.25) is 4.79 Å². The van der Waals surface area contributed by atoms with Crippen LogP contribution >= 0.6 is 0 Å². The molecule has 4 nitrogen and oxygen atoms in total. The minimum absolute atomic E-state index is 0.581. The zero-order valence-electron chi connectivity index (χ0n) is 12.3. The van der Waals surface area contributed by atoms with Gasteiger partial charge in [0.25, 0.3) is 0 Å². The summed E-state index contributed by atoms with van der Waals surface area (Å²) in [6.07, 6.45) is 4.20. The van der Waals surface area contributed by atoms with Gasteiger partial charge in [0.15, 0.2) is 0 Å². The Labute approximate surface area is 111 Å². The van der Waals surface area contributed by atoms with Crippen LogP contribution in [0.25, 0.3) is 0 Å². The number of hydrogen-bond donors (Lipinski definition) is 1. The van der Waals surface area contributed by atoms with E-state index in [9.17, 15) is 4.79 Å². The summed E-state index contributed by atoms with van der Waals surface area (Å²) in [5.74, 6) is -0.686. The average molecular weight is 256 g/mol. The Bertz CT molecular complexity index is 269. The molecule has 0 aromatic rings. The normalized spacial score (nSPS) is 19.4. The largest absolute Gasteiger partial charge is 0.481 e. The summed E-state index contributed by atoms with van der Waals surface area (Å²) in [7, 11) is 4.30. The standard InChI is InChI=1S/C14H28N2O2/c1-14(2,13(17)18)8-5-9-16-10-6-12(7-11-16)15(3)4/h12H,5-11H2,1-4H3,(H,17,18). The number of hydrogen-bond acceptors (Lipinski definition) is 3. The fourth-order valence-corrected chi connectivity index (χ4v) is 2.51. The molecule has 18 heavy (non-hydrogen) atoms. The second-order valence-corrected chi connectivity index (χ2v) is 6.33. The molecule has 0 spiro atoms. The molecule has 106 valence electrons. The number of aliphatic carboxylic acids is 1. The van der Waals surface area contributed by atoms with Crippen LogP contribution in [0.3, 0.4) is 0 Å². The van der Waals surface area contributed by atoms with Gasteiger partial charge in [-0.1, -0.05) is 0 Å². The molecule has 0 amide bonds. The molecule has 1 N–H and O–H groups in total. The molecule has 0 aromatic carbocycles. The van der Waals surface area contributed by atoms with Gasteiger partial charge in [-0.05, 0) is 73.3 Å². The van der Waals surface area contributed by atoms with Crippen molar-refractivity contribution in [3.63, 3.8) is 0 Å². The molecule has 1 aliphatic rings. The Morgan fingerprint density at radius 3 is 2.33 bits per heavy atom. The number of carboxylic acids is 1. The fourth-order valence-electron chi connectivity index (χ4n) is 2.51. The summed E-state index contributed by atoms with van der Waals surface area (Å²) in [6.45, 7) is 6.96. The molecular weight excluding hydrogens is 228 g/mol. The summed E-state index contributed by atoms with van der Waals surface area (Å²) in [4.78, 5) is 15.8. The highest BCUT2D eigenvalue weighted by Crippen LogP contribution is 2.23. The zero-order valence-corrected chi connectivity index (χ0v) is 12.3. The van der Waals surface area contributed by atoms with E-state index in [0.29, 0.717) is 0 Å². The van der Waals surface area contributed by atoms with Crippen molar-refractivity contribution in [3.8, 4) is 0 Å². The molecule has 0 atom stereocenters. The molecule has 4 heteroatoms. The maximum absolute atomic E-state index is 11.0. The van der Waals surface area contributed by atoms with Gasteiger partial charge in [-0.25, -0.2) is 0 Å². The molecule has 1 aliphatic heterocycles. The van der Waals surface area contributed by atoms with Crippen LogP contribution in [0.4, 0.5) is 0 Å². The number of nitrogens with zero attached hydrogens (tertiary/aromatic N) is 2. The topological polar surface area (TPSA) is 43.8 Å². The molecule has 1 fully saturated rings. The summed E-state index contributed by atoms with van der Waals surface area (Å²) >= 11 is 0. The van der Waals surface area contributed by atoms with E-state index in [-0.39, 0.29) is 0 Å². The summed E-state index contributed by atoms with van der Waals surface area (Å²) in [5.41, 5.74) is -0.581. The number of likely N-dealkylation sites (tertiary alicyclic amines) is 1. The molecule has 0 aliphatic carbocycles. The Morgan fingerprint density at radius 1 is 1.33 bits per heavy atom. The minimum atomic E-state index is -0.686. The van der Waals surface area contributed by atoms with Crippen LogP contribution in [-0.4, -0.2) is 60.6 Å². The van der Waals surface area contributed by atoms with Crippen molar-refractivity contribution in [3.05, 3.63) is 0 Å². The summed E-state index contributed by atoms with van der Waals surface area (Å²) in [6, 6.07) is 0.719. The Hall–Kier alpha value is -0.610. The van der Waals surface area contributed by atoms with Crippen molar-refractivity contribution in [1.82, 2.24) is 9.80 Å². The Kier molecular flexibility index (Phi) is 5.60. The molecule has 1 heterocycles. The van der Waals surface area contributed by atoms with Crippen LogP contribution < -0.4 is 0 Å². The lowest BCUT2D eigenvalue weighted by Gasteiger charge is -2.35. The molecule has 0 bridgehead atoms. The quantitative estimate of drug-likeness (QED) is 0.788. The van der Waals surface area contributed by atoms with Gasteiger partial charge in [0.2, 0.25) is 0 Å². The molecule has 1 rings (SSSR count). The van der Waals surface area contributed by atoms with Gasteiger partial charge in [0.05, 0.1) is 5.41 Å². The maximum atomic E-state index is 11.0. The molecular formula is C14H28N2O2. The highest BCUT2D eigenvalue weighted by atomic mass is 16.4. The number of carbonyl (C=O) groups is 1. The number of carboxylic acid groups (broad SMARTS) is 1. The van der Waals surface area contributed by atoms with Gasteiger partial charge in [0, 0.05) is 6.04 Å². The van der Waals surface area contributed by atoms with Gasteiger partial charge < -0.3 is 14.9 Å². The van der Waals surface area contributed by atoms with Crippen LogP contribution in [0.15, 0.2) is 0 Å². The minimum Gasteiger partial charge on any atom is -0.481 e. The first-order valence-electron chi connectivity index (χ1n) is 6.95. The molecule has 0 aromatic heterocycles. The third kappa shape index (κ3) is 4.58. The van der Waals surface area contributed by atoms with Crippen molar-refractivity contribution in [2.75, 3.05) is 33.7 Å². The van der Waals surface area contributed by atoms with Crippen LogP contribution in [0.5, 0.6) is 0 Å². The average Bonchev–Trinajstić information content (AvgIpc) is 2.29. The van der Waals surface area contributed by atoms with E-state index in [2.05, 4.69) is 23.9 Å². The van der Waals surface area contributed by atoms with Crippen molar-refractivity contribution < 1.29 is 9.90 Å². The van der Waals surface area contributed by atoms with E-state index in [1.807, 2.05) is 13.8 Å². The van der Waals surface area contributed by atoms with Gasteiger partial charge >= 0.3 is 5.97 Å². The third-order valence-corrected chi connectivity index (χ3v) is 4.14. The maximum Gasteiger partial charge on any atom is 0.309 e. The second-order valence-electron chi connectivity index (χ2n) is 6.33. The third-order valence-electron chi connectivity index (χ3n) is 4.14. The van der Waals surface area contributed by atoms with Gasteiger partial charge in [0.1, 0.15) is 0 Å². The van der Waals surface area contributed by atoms with Crippen LogP contribution in [0, 0.1) is 5.41 Å². The lowest BCUT2D eigenvalue weighted by Crippen LogP contribution is -2.42. The second kappa shape index (κ2) is 6.53. The first-order chi connectivity index (χ1) is 8.33. The van der Waals surface area contributed by atoms with Crippen LogP contribution in [0.1, 0.15) is 39.5 Å². The van der Waals surface area contributed by atoms with E-state index >= 15 is 0 Å². The van der Waals surface area contributed by atoms with E-state index in [0.717, 1.165) is 38.5 Å². The van der Waals surface area contributed by atoms with Crippen LogP contribution in [0.2, 0.25) is 0 Å². The van der Waals surface area contributed by atoms with Gasteiger partial charge in [-0.15, -0.1) is 0 Å².